The molecule has 0 bridgehead atoms. The number of likely N-dealkylation sites (N-methyl/N-ethyl adjacent to an activating group) is 1. The van der Waals surface area contributed by atoms with Crippen LogP contribution in [0.2, 0.25) is 0 Å². The van der Waals surface area contributed by atoms with Crippen LogP contribution in [-0.2, 0) is 9.47 Å². The average Bonchev–Trinajstić information content (AvgIpc) is 2.77. The minimum absolute atomic E-state index is 0.0510. The van der Waals surface area contributed by atoms with Crippen molar-refractivity contribution in [1.29, 1.82) is 0 Å². The van der Waals surface area contributed by atoms with E-state index < -0.39 is 0 Å². The lowest BCUT2D eigenvalue weighted by Gasteiger charge is -2.35. The second kappa shape index (κ2) is 13.0. The van der Waals surface area contributed by atoms with Gasteiger partial charge in [-0.05, 0) is 57.0 Å². The molecule has 1 aliphatic heterocycles. The number of nitrogens with one attached hydrogen (secondary N) is 1. The van der Waals surface area contributed by atoms with Gasteiger partial charge in [-0.15, -0.1) is 0 Å². The van der Waals surface area contributed by atoms with E-state index >= 15 is 0 Å². The molecule has 0 spiro atoms. The Kier molecular flexibility index (Phi) is 10.7. The van der Waals surface area contributed by atoms with Gasteiger partial charge in [0.1, 0.15) is 5.82 Å². The number of aliphatic hydroxyl groups excluding tert-OH is 1. The van der Waals surface area contributed by atoms with Gasteiger partial charge in [0, 0.05) is 51.6 Å². The number of anilines is 1. The average molecular weight is 440 g/mol. The predicted octanol–water partition coefficient (Wildman–Crippen LogP) is 3.05. The van der Waals surface area contributed by atoms with Crippen molar-refractivity contribution in [3.8, 4) is 0 Å². The maximum absolute atomic E-state index is 13.1. The Morgan fingerprint density at radius 2 is 1.90 bits per heavy atom. The second-order valence-corrected chi connectivity index (χ2v) is 8.65. The molecule has 7 nitrogen and oxygen atoms in total. The third-order valence-corrected chi connectivity index (χ3v) is 5.98. The number of carbonyl (C=O) groups is 1. The second-order valence-electron chi connectivity index (χ2n) is 8.65. The normalized spacial score (nSPS) is 17.9. The third kappa shape index (κ3) is 8.37. The van der Waals surface area contributed by atoms with Gasteiger partial charge in [-0.1, -0.05) is 6.92 Å². The molecule has 1 saturated heterocycles. The van der Waals surface area contributed by atoms with E-state index in [-0.39, 0.29) is 36.5 Å². The summed E-state index contributed by atoms with van der Waals surface area (Å²) >= 11 is 0. The van der Waals surface area contributed by atoms with Crippen LogP contribution >= 0.6 is 0 Å². The molecule has 3 atom stereocenters. The molecule has 1 fully saturated rings. The molecule has 8 heteroatoms. The highest BCUT2D eigenvalue weighted by molar-refractivity contribution is 5.89. The van der Waals surface area contributed by atoms with E-state index in [2.05, 4.69) is 24.2 Å². The van der Waals surface area contributed by atoms with Crippen molar-refractivity contribution in [2.24, 2.45) is 11.8 Å². The number of ether oxygens (including phenoxy) is 2. The Morgan fingerprint density at radius 1 is 1.26 bits per heavy atom. The first-order valence-corrected chi connectivity index (χ1v) is 11.1. The molecule has 2 N–H and O–H groups in total. The highest BCUT2D eigenvalue weighted by Crippen LogP contribution is 2.18. The molecule has 0 radical (unpaired) electrons. The van der Waals surface area contributed by atoms with E-state index in [9.17, 15) is 14.3 Å². The van der Waals surface area contributed by atoms with Crippen molar-refractivity contribution in [1.82, 2.24) is 9.80 Å². The lowest BCUT2D eigenvalue weighted by atomic mass is 9.98. The van der Waals surface area contributed by atoms with Crippen molar-refractivity contribution in [2.75, 3.05) is 58.9 Å². The summed E-state index contributed by atoms with van der Waals surface area (Å²) in [6.45, 7) is 7.56. The summed E-state index contributed by atoms with van der Waals surface area (Å²) in [5.41, 5.74) is 0.508. The van der Waals surface area contributed by atoms with Crippen LogP contribution in [0.15, 0.2) is 24.3 Å². The topological polar surface area (TPSA) is 74.3 Å². The van der Waals surface area contributed by atoms with Crippen LogP contribution in [0.1, 0.15) is 26.7 Å². The van der Waals surface area contributed by atoms with Crippen molar-refractivity contribution < 1.29 is 23.8 Å². The molecule has 0 saturated carbocycles. The Morgan fingerprint density at radius 3 is 2.48 bits per heavy atom. The fourth-order valence-electron chi connectivity index (χ4n) is 3.96. The molecule has 176 valence electrons. The molecule has 1 heterocycles. The maximum Gasteiger partial charge on any atom is 0.322 e. The van der Waals surface area contributed by atoms with E-state index in [0.717, 1.165) is 39.1 Å². The molecule has 0 unspecified atom stereocenters. The number of amides is 2. The number of halogens is 1. The number of nitrogens with zero attached hydrogens (tertiary/aromatic N) is 2. The monoisotopic (exact) mass is 439 g/mol. The Labute approximate surface area is 185 Å². The fraction of sp³-hybridized carbons (Fsp3) is 0.696. The number of carbonyl (C=O) groups excluding carboxylic acids is 1. The number of aliphatic hydroxyl groups is 1. The highest BCUT2D eigenvalue weighted by Gasteiger charge is 2.27. The summed E-state index contributed by atoms with van der Waals surface area (Å²) < 4.78 is 24.3. The number of hydrogen-bond acceptors (Lipinski definition) is 5. The molecular weight excluding hydrogens is 401 g/mol. The van der Waals surface area contributed by atoms with Gasteiger partial charge in [0.05, 0.1) is 18.8 Å². The molecule has 0 aromatic heterocycles. The summed E-state index contributed by atoms with van der Waals surface area (Å²) in [6.07, 6.45) is 2.11. The van der Waals surface area contributed by atoms with Crippen LogP contribution in [-0.4, -0.2) is 86.7 Å². The molecular formula is C23H38FN3O4. The Balaban J connectivity index is 1.95. The van der Waals surface area contributed by atoms with E-state index in [4.69, 9.17) is 9.47 Å². The van der Waals surface area contributed by atoms with Crippen molar-refractivity contribution in [3.05, 3.63) is 30.1 Å². The van der Waals surface area contributed by atoms with E-state index in [1.54, 1.807) is 18.9 Å². The van der Waals surface area contributed by atoms with Crippen molar-refractivity contribution in [2.45, 2.75) is 38.8 Å². The first-order chi connectivity index (χ1) is 14.8. The zero-order chi connectivity index (χ0) is 22.8. The molecule has 1 aromatic rings. The molecule has 0 aliphatic carbocycles. The smallest absolute Gasteiger partial charge is 0.322 e. The predicted molar refractivity (Wildman–Crippen MR) is 120 cm³/mol. The first kappa shape index (κ1) is 25.5. The van der Waals surface area contributed by atoms with Crippen LogP contribution in [0.5, 0.6) is 0 Å². The van der Waals surface area contributed by atoms with Crippen LogP contribution in [0.4, 0.5) is 14.9 Å². The zero-order valence-electron chi connectivity index (χ0n) is 19.2. The number of rotatable bonds is 11. The summed E-state index contributed by atoms with van der Waals surface area (Å²) in [4.78, 5) is 16.8. The van der Waals surface area contributed by atoms with Gasteiger partial charge in [0.25, 0.3) is 0 Å². The first-order valence-electron chi connectivity index (χ1n) is 11.1. The van der Waals surface area contributed by atoms with Gasteiger partial charge in [-0.2, -0.15) is 0 Å². The number of hydrogen-bond donors (Lipinski definition) is 2. The maximum atomic E-state index is 13.1. The molecule has 31 heavy (non-hydrogen) atoms. The van der Waals surface area contributed by atoms with Gasteiger partial charge in [0.15, 0.2) is 0 Å². The quantitative estimate of drug-likeness (QED) is 0.554. The summed E-state index contributed by atoms with van der Waals surface area (Å²) in [7, 11) is 3.80. The number of methoxy groups -OCH3 is 1. The zero-order valence-corrected chi connectivity index (χ0v) is 19.2. The van der Waals surface area contributed by atoms with E-state index in [1.807, 2.05) is 0 Å². The highest BCUT2D eigenvalue weighted by atomic mass is 19.1. The summed E-state index contributed by atoms with van der Waals surface area (Å²) in [5, 5.41) is 12.5. The summed E-state index contributed by atoms with van der Waals surface area (Å²) in [5.74, 6) is 0.328. The Bertz CT molecular complexity index is 655. The van der Waals surface area contributed by atoms with Gasteiger partial charge < -0.3 is 29.7 Å². The standard InChI is InChI=1S/C23H38FN3O4/c1-17(22(30-4)15-26(3)14-19-9-11-31-12-10-19)13-27(18(2)16-28)23(29)25-21-7-5-20(24)6-8-21/h5-8,17-19,22,28H,9-16H2,1-4H3,(H,25,29)/t17-,18+,22+/m1/s1. The van der Waals surface area contributed by atoms with E-state index in [0.29, 0.717) is 18.2 Å². The van der Waals surface area contributed by atoms with Gasteiger partial charge >= 0.3 is 6.03 Å². The largest absolute Gasteiger partial charge is 0.394 e. The third-order valence-electron chi connectivity index (χ3n) is 5.98. The minimum Gasteiger partial charge on any atom is -0.394 e. The molecule has 2 amide bonds. The lowest BCUT2D eigenvalue weighted by Crippen LogP contribution is -2.48. The number of benzene rings is 1. The minimum atomic E-state index is -0.361. The number of urea groups is 1. The lowest BCUT2D eigenvalue weighted by molar-refractivity contribution is 0.00866. The molecule has 1 aromatic carbocycles. The van der Waals surface area contributed by atoms with Gasteiger partial charge in [-0.3, -0.25) is 0 Å². The van der Waals surface area contributed by atoms with E-state index in [1.165, 1.54) is 24.3 Å². The van der Waals surface area contributed by atoms with Gasteiger partial charge in [-0.25, -0.2) is 9.18 Å². The van der Waals surface area contributed by atoms with Crippen LogP contribution in [0.3, 0.4) is 0 Å². The van der Waals surface area contributed by atoms with Gasteiger partial charge in [0.2, 0.25) is 0 Å². The summed E-state index contributed by atoms with van der Waals surface area (Å²) in [6, 6.07) is 4.94. The van der Waals surface area contributed by atoms with Crippen LogP contribution in [0, 0.1) is 17.7 Å². The SMILES string of the molecule is CO[C@@H](CN(C)CC1CCOCC1)[C@H](C)CN(C(=O)Nc1ccc(F)cc1)[C@@H](C)CO. The molecule has 1 aliphatic rings. The molecule has 2 rings (SSSR count). The fourth-order valence-corrected chi connectivity index (χ4v) is 3.96. The van der Waals surface area contributed by atoms with Crippen LogP contribution < -0.4 is 5.32 Å². The Hall–Kier alpha value is -1.74. The van der Waals surface area contributed by atoms with Crippen LogP contribution in [0.25, 0.3) is 0 Å². The van der Waals surface area contributed by atoms with Crippen molar-refractivity contribution in [3.63, 3.8) is 0 Å². The van der Waals surface area contributed by atoms with Crippen molar-refractivity contribution >= 4 is 11.7 Å².